The highest BCUT2D eigenvalue weighted by Crippen LogP contribution is 2.42. The van der Waals surface area contributed by atoms with Crippen LogP contribution in [0.5, 0.6) is 5.75 Å². The first-order chi connectivity index (χ1) is 19.0. The van der Waals surface area contributed by atoms with E-state index in [9.17, 15) is 22.4 Å². The molecule has 0 radical (unpaired) electrons. The number of piperidine rings is 1. The number of benzene rings is 2. The number of likely N-dealkylation sites (N-methyl/N-ethyl adjacent to an activating group) is 1. The molecule has 2 aliphatic rings. The number of carbonyl (C=O) groups is 2. The molecule has 1 fully saturated rings. The lowest BCUT2D eigenvalue weighted by molar-refractivity contribution is -0.192. The Morgan fingerprint density at radius 3 is 2.25 bits per heavy atom. The van der Waals surface area contributed by atoms with Gasteiger partial charge in [-0.15, -0.1) is 0 Å². The van der Waals surface area contributed by atoms with Gasteiger partial charge in [-0.3, -0.25) is 9.69 Å². The lowest BCUT2D eigenvalue weighted by atomic mass is 9.83. The van der Waals surface area contributed by atoms with Gasteiger partial charge in [0.25, 0.3) is 5.91 Å². The molecular formula is C28H30F4N4O4. The minimum absolute atomic E-state index is 0.0511. The number of likely N-dealkylation sites (tertiary alicyclic amines) is 1. The summed E-state index contributed by atoms with van der Waals surface area (Å²) in [6.07, 6.45) is -1.56. The Morgan fingerprint density at radius 2 is 1.70 bits per heavy atom. The van der Waals surface area contributed by atoms with Crippen molar-refractivity contribution in [1.82, 2.24) is 19.4 Å². The summed E-state index contributed by atoms with van der Waals surface area (Å²) in [4.78, 5) is 31.3. The van der Waals surface area contributed by atoms with Crippen LogP contribution in [0.3, 0.4) is 0 Å². The maximum Gasteiger partial charge on any atom is 0.490 e. The predicted octanol–water partition coefficient (Wildman–Crippen LogP) is 4.80. The van der Waals surface area contributed by atoms with Crippen molar-refractivity contribution < 1.29 is 37.0 Å². The maximum absolute atomic E-state index is 13.9. The molecule has 0 bridgehead atoms. The van der Waals surface area contributed by atoms with Crippen LogP contribution >= 0.6 is 0 Å². The molecule has 0 aliphatic carbocycles. The molecule has 40 heavy (non-hydrogen) atoms. The van der Waals surface area contributed by atoms with Gasteiger partial charge in [-0.05, 0) is 55.8 Å². The highest BCUT2D eigenvalue weighted by molar-refractivity contribution is 5.94. The van der Waals surface area contributed by atoms with Crippen LogP contribution in [0.25, 0.3) is 11.3 Å². The van der Waals surface area contributed by atoms with Gasteiger partial charge in [0.05, 0.1) is 24.5 Å². The number of hydrogen-bond donors (Lipinski definition) is 1. The van der Waals surface area contributed by atoms with E-state index in [-0.39, 0.29) is 17.3 Å². The minimum atomic E-state index is -5.08. The highest BCUT2D eigenvalue weighted by Gasteiger charge is 2.47. The van der Waals surface area contributed by atoms with E-state index in [0.29, 0.717) is 18.7 Å². The second kappa shape index (κ2) is 11.7. The average molecular weight is 563 g/mol. The number of carboxylic acids is 1. The smallest absolute Gasteiger partial charge is 0.490 e. The van der Waals surface area contributed by atoms with Gasteiger partial charge in [0.15, 0.2) is 0 Å². The molecule has 12 heteroatoms. The number of imidazole rings is 1. The fourth-order valence-corrected chi connectivity index (χ4v) is 5.42. The number of amides is 1. The van der Waals surface area contributed by atoms with Crippen molar-refractivity contribution in [2.75, 3.05) is 33.3 Å². The van der Waals surface area contributed by atoms with Crippen molar-refractivity contribution >= 4 is 11.9 Å². The summed E-state index contributed by atoms with van der Waals surface area (Å²) in [7, 11) is 1.62. The summed E-state index contributed by atoms with van der Waals surface area (Å²) in [6.45, 7) is 6.18. The van der Waals surface area contributed by atoms with Crippen molar-refractivity contribution in [3.8, 4) is 17.0 Å². The number of carboxylic acid groups (broad SMARTS) is 1. The summed E-state index contributed by atoms with van der Waals surface area (Å²) in [6, 6.07) is 14.0. The number of carbonyl (C=O) groups excluding carboxylic acids is 1. The van der Waals surface area contributed by atoms with Crippen molar-refractivity contribution in [2.45, 2.75) is 38.0 Å². The summed E-state index contributed by atoms with van der Waals surface area (Å²) >= 11 is 0. The fourth-order valence-electron chi connectivity index (χ4n) is 5.42. The van der Waals surface area contributed by atoms with Crippen LogP contribution in [0.15, 0.2) is 54.7 Å². The normalized spacial score (nSPS) is 16.6. The molecule has 8 nitrogen and oxygen atoms in total. The van der Waals surface area contributed by atoms with Crippen molar-refractivity contribution in [1.29, 1.82) is 0 Å². The Hall–Kier alpha value is -3.93. The van der Waals surface area contributed by atoms with Gasteiger partial charge in [0, 0.05) is 37.3 Å². The zero-order valence-electron chi connectivity index (χ0n) is 22.1. The van der Waals surface area contributed by atoms with Crippen molar-refractivity contribution in [3.05, 3.63) is 71.9 Å². The molecule has 1 saturated heterocycles. The lowest BCUT2D eigenvalue weighted by Crippen LogP contribution is -2.58. The Kier molecular flexibility index (Phi) is 8.48. The van der Waals surface area contributed by atoms with Gasteiger partial charge in [-0.25, -0.2) is 14.2 Å². The zero-order chi connectivity index (χ0) is 29.1. The van der Waals surface area contributed by atoms with Gasteiger partial charge >= 0.3 is 12.1 Å². The number of rotatable bonds is 4. The molecule has 5 rings (SSSR count). The molecule has 0 unspecified atom stereocenters. The SMILES string of the molecule is CCN1CCn2c(-c3cccc(F)c3)cnc2C12CCN(C(=O)c1ccc(OC)cc1)CC2.O=C(O)C(F)(F)F. The third-order valence-corrected chi connectivity index (χ3v) is 7.43. The Balaban J connectivity index is 0.000000470. The monoisotopic (exact) mass is 562 g/mol. The summed E-state index contributed by atoms with van der Waals surface area (Å²) in [5.74, 6) is -1.17. The molecule has 1 amide bonds. The maximum atomic E-state index is 13.9. The number of methoxy groups -OCH3 is 1. The van der Waals surface area contributed by atoms with Crippen molar-refractivity contribution in [2.24, 2.45) is 0 Å². The lowest BCUT2D eigenvalue weighted by Gasteiger charge is -2.50. The third kappa shape index (κ3) is 5.81. The number of alkyl halides is 3. The Morgan fingerprint density at radius 1 is 1.05 bits per heavy atom. The second-order valence-electron chi connectivity index (χ2n) is 9.56. The van der Waals surface area contributed by atoms with Gasteiger partial charge in [0.2, 0.25) is 0 Å². The molecule has 1 spiro atoms. The average Bonchev–Trinajstić information content (AvgIpc) is 3.39. The quantitative estimate of drug-likeness (QED) is 0.460. The molecule has 0 saturated carbocycles. The number of halogens is 4. The van der Waals surface area contributed by atoms with Gasteiger partial charge < -0.3 is 19.3 Å². The molecule has 2 aliphatic heterocycles. The number of ether oxygens (including phenoxy) is 1. The molecule has 3 aromatic rings. The van der Waals surface area contributed by atoms with Gasteiger partial charge in [-0.1, -0.05) is 19.1 Å². The number of aliphatic carboxylic acids is 1. The van der Waals surface area contributed by atoms with E-state index < -0.39 is 12.1 Å². The van der Waals surface area contributed by atoms with E-state index in [4.69, 9.17) is 19.6 Å². The zero-order valence-corrected chi connectivity index (χ0v) is 22.1. The van der Waals surface area contributed by atoms with E-state index in [1.165, 1.54) is 6.07 Å². The standard InChI is InChI=1S/C26H29FN4O2.C2HF3O2/c1-3-30-15-16-31-23(20-5-4-6-21(27)17-20)18-28-25(31)26(30)11-13-29(14-12-26)24(32)19-7-9-22(33-2)10-8-19;3-2(4,5)1(6)7/h4-10,17-18H,3,11-16H2,1-2H3;(H,6,7). The van der Waals surface area contributed by atoms with E-state index >= 15 is 0 Å². The van der Waals surface area contributed by atoms with Crippen LogP contribution in [-0.4, -0.2) is 75.8 Å². The molecule has 2 aromatic carbocycles. The van der Waals surface area contributed by atoms with Crippen LogP contribution in [0.1, 0.15) is 35.9 Å². The molecule has 0 atom stereocenters. The van der Waals surface area contributed by atoms with E-state index in [0.717, 1.165) is 55.3 Å². The van der Waals surface area contributed by atoms with Crippen molar-refractivity contribution in [3.63, 3.8) is 0 Å². The first-order valence-electron chi connectivity index (χ1n) is 12.8. The number of aromatic nitrogens is 2. The Bertz CT molecular complexity index is 1350. The molecule has 3 heterocycles. The van der Waals surface area contributed by atoms with E-state index in [2.05, 4.69) is 16.4 Å². The number of fused-ring (bicyclic) bond motifs is 2. The topological polar surface area (TPSA) is 87.9 Å². The van der Waals surface area contributed by atoms with E-state index in [1.54, 1.807) is 19.2 Å². The molecular weight excluding hydrogens is 532 g/mol. The highest BCUT2D eigenvalue weighted by atomic mass is 19.4. The number of nitrogens with zero attached hydrogens (tertiary/aromatic N) is 4. The largest absolute Gasteiger partial charge is 0.497 e. The first kappa shape index (κ1) is 29.1. The summed E-state index contributed by atoms with van der Waals surface area (Å²) in [5.41, 5.74) is 2.27. The Labute approximate surface area is 228 Å². The molecule has 1 aromatic heterocycles. The van der Waals surface area contributed by atoms with Gasteiger partial charge in [0.1, 0.15) is 17.4 Å². The predicted molar refractivity (Wildman–Crippen MR) is 138 cm³/mol. The van der Waals surface area contributed by atoms with Crippen LogP contribution in [0, 0.1) is 5.82 Å². The minimum Gasteiger partial charge on any atom is -0.497 e. The van der Waals surface area contributed by atoms with Crippen LogP contribution < -0.4 is 4.74 Å². The van der Waals surface area contributed by atoms with Gasteiger partial charge in [-0.2, -0.15) is 13.2 Å². The second-order valence-corrected chi connectivity index (χ2v) is 9.56. The van der Waals surface area contributed by atoms with E-state index in [1.807, 2.05) is 41.4 Å². The number of hydrogen-bond acceptors (Lipinski definition) is 5. The van der Waals surface area contributed by atoms with Crippen LogP contribution in [0.2, 0.25) is 0 Å². The first-order valence-corrected chi connectivity index (χ1v) is 12.8. The fraction of sp³-hybridized carbons (Fsp3) is 0.393. The summed E-state index contributed by atoms with van der Waals surface area (Å²) in [5, 5.41) is 7.12. The molecule has 214 valence electrons. The third-order valence-electron chi connectivity index (χ3n) is 7.43. The summed E-state index contributed by atoms with van der Waals surface area (Å²) < 4.78 is 53.1. The van der Waals surface area contributed by atoms with Crippen LogP contribution in [-0.2, 0) is 16.9 Å². The van der Waals surface area contributed by atoms with Crippen LogP contribution in [0.4, 0.5) is 17.6 Å². The molecule has 1 N–H and O–H groups in total.